The van der Waals surface area contributed by atoms with Gasteiger partial charge in [-0.25, -0.2) is 9.59 Å². The summed E-state index contributed by atoms with van der Waals surface area (Å²) in [5.74, 6) is -0.462. The highest BCUT2D eigenvalue weighted by molar-refractivity contribution is 5.89. The second kappa shape index (κ2) is 11.0. The Morgan fingerprint density at radius 3 is 2.15 bits per heavy atom. The summed E-state index contributed by atoms with van der Waals surface area (Å²) in [4.78, 5) is 25.1. The number of aromatic nitrogens is 2. The van der Waals surface area contributed by atoms with Crippen LogP contribution >= 0.6 is 0 Å². The van der Waals surface area contributed by atoms with Gasteiger partial charge in [0.1, 0.15) is 18.0 Å². The standard InChI is InChI=1S/C34H44N2O5/c1-31(2,3)41-30(38)34(8,9)40-26-13-11-25(12-14-26)29(37)39-22-24-19-35-36(21-24)20-23-10-15-27-28(18-23)33(6,7)17-16-32(27,4)5/h10-15,18-19,21H,16-17,20,22H2,1-9H3. The molecule has 1 aliphatic carbocycles. The molecule has 0 amide bonds. The molecular formula is C34H44N2O5. The quantitative estimate of drug-likeness (QED) is 0.273. The monoisotopic (exact) mass is 560 g/mol. The third kappa shape index (κ3) is 7.38. The molecule has 0 saturated carbocycles. The smallest absolute Gasteiger partial charge is 0.350 e. The van der Waals surface area contributed by atoms with Gasteiger partial charge in [-0.2, -0.15) is 5.10 Å². The van der Waals surface area contributed by atoms with Crippen LogP contribution in [0.3, 0.4) is 0 Å². The largest absolute Gasteiger partial charge is 0.476 e. The van der Waals surface area contributed by atoms with E-state index in [0.717, 1.165) is 5.56 Å². The number of ether oxygens (including phenoxy) is 3. The van der Waals surface area contributed by atoms with Crippen LogP contribution in [-0.4, -0.2) is 32.9 Å². The normalized spacial score (nSPS) is 16.0. The van der Waals surface area contributed by atoms with E-state index in [9.17, 15) is 9.59 Å². The molecule has 3 aromatic rings. The molecule has 0 spiro atoms. The van der Waals surface area contributed by atoms with Crippen molar-refractivity contribution >= 4 is 11.9 Å². The minimum Gasteiger partial charge on any atom is -0.476 e. The topological polar surface area (TPSA) is 79.7 Å². The van der Waals surface area contributed by atoms with Gasteiger partial charge in [0.25, 0.3) is 0 Å². The van der Waals surface area contributed by atoms with Gasteiger partial charge in [0.15, 0.2) is 5.60 Å². The van der Waals surface area contributed by atoms with Crippen molar-refractivity contribution in [2.45, 2.75) is 110 Å². The van der Waals surface area contributed by atoms with Crippen molar-refractivity contribution in [1.82, 2.24) is 9.78 Å². The van der Waals surface area contributed by atoms with Crippen LogP contribution < -0.4 is 4.74 Å². The molecule has 0 atom stereocenters. The van der Waals surface area contributed by atoms with E-state index in [1.54, 1.807) is 44.3 Å². The van der Waals surface area contributed by atoms with E-state index < -0.39 is 23.1 Å². The third-order valence-electron chi connectivity index (χ3n) is 7.67. The highest BCUT2D eigenvalue weighted by Crippen LogP contribution is 2.45. The number of esters is 2. The predicted octanol–water partition coefficient (Wildman–Crippen LogP) is 7.14. The van der Waals surface area contributed by atoms with Gasteiger partial charge < -0.3 is 14.2 Å². The number of carbonyl (C=O) groups excluding carboxylic acids is 2. The molecule has 41 heavy (non-hydrogen) atoms. The first-order chi connectivity index (χ1) is 19.0. The SMILES string of the molecule is CC(C)(C)OC(=O)C(C)(C)Oc1ccc(C(=O)OCc2cnn(Cc3ccc4c(c3)C(C)(C)CCC4(C)C)c2)cc1. The predicted molar refractivity (Wildman–Crippen MR) is 159 cm³/mol. The summed E-state index contributed by atoms with van der Waals surface area (Å²) in [5.41, 5.74) is 3.83. The van der Waals surface area contributed by atoms with Gasteiger partial charge in [-0.05, 0) is 99.2 Å². The van der Waals surface area contributed by atoms with Gasteiger partial charge in [-0.15, -0.1) is 0 Å². The number of rotatable bonds is 8. The number of hydrogen-bond donors (Lipinski definition) is 0. The number of carbonyl (C=O) groups is 2. The number of hydrogen-bond acceptors (Lipinski definition) is 6. The van der Waals surface area contributed by atoms with Crippen molar-refractivity contribution in [2.24, 2.45) is 0 Å². The lowest BCUT2D eigenvalue weighted by Crippen LogP contribution is -2.43. The van der Waals surface area contributed by atoms with Gasteiger partial charge in [-0.3, -0.25) is 4.68 Å². The molecule has 2 aromatic carbocycles. The Morgan fingerprint density at radius 2 is 1.51 bits per heavy atom. The summed E-state index contributed by atoms with van der Waals surface area (Å²) in [7, 11) is 0. The zero-order chi connectivity index (χ0) is 30.2. The Hall–Kier alpha value is -3.61. The minimum absolute atomic E-state index is 0.119. The van der Waals surface area contributed by atoms with Crippen LogP contribution in [0.5, 0.6) is 5.75 Å². The van der Waals surface area contributed by atoms with Crippen molar-refractivity contribution in [3.63, 3.8) is 0 Å². The lowest BCUT2D eigenvalue weighted by molar-refractivity contribution is -0.170. The fourth-order valence-corrected chi connectivity index (χ4v) is 5.12. The second-order valence-electron chi connectivity index (χ2n) is 13.9. The Labute approximate surface area is 244 Å². The van der Waals surface area contributed by atoms with E-state index in [-0.39, 0.29) is 17.4 Å². The van der Waals surface area contributed by atoms with Gasteiger partial charge in [0, 0.05) is 11.8 Å². The van der Waals surface area contributed by atoms with E-state index in [0.29, 0.717) is 17.9 Å². The third-order valence-corrected chi connectivity index (χ3v) is 7.67. The Kier molecular flexibility index (Phi) is 8.14. The van der Waals surface area contributed by atoms with Crippen LogP contribution in [0.1, 0.15) is 108 Å². The number of fused-ring (bicyclic) bond motifs is 1. The van der Waals surface area contributed by atoms with E-state index in [1.807, 2.05) is 31.6 Å². The summed E-state index contributed by atoms with van der Waals surface area (Å²) in [6.07, 6.45) is 6.01. The highest BCUT2D eigenvalue weighted by Gasteiger charge is 2.37. The van der Waals surface area contributed by atoms with Crippen LogP contribution in [0.15, 0.2) is 54.9 Å². The molecule has 0 radical (unpaired) electrons. The molecule has 0 N–H and O–H groups in total. The Bertz CT molecular complexity index is 1410. The van der Waals surface area contributed by atoms with Crippen molar-refractivity contribution in [2.75, 3.05) is 0 Å². The molecule has 0 aliphatic heterocycles. The van der Waals surface area contributed by atoms with Crippen LogP contribution in [0.25, 0.3) is 0 Å². The van der Waals surface area contributed by atoms with Gasteiger partial charge >= 0.3 is 11.9 Å². The highest BCUT2D eigenvalue weighted by atomic mass is 16.6. The summed E-state index contributed by atoms with van der Waals surface area (Å²) in [6, 6.07) is 13.3. The van der Waals surface area contributed by atoms with Crippen molar-refractivity contribution in [3.05, 3.63) is 82.7 Å². The molecule has 1 aliphatic rings. The first-order valence-corrected chi connectivity index (χ1v) is 14.3. The molecule has 0 bridgehead atoms. The maximum Gasteiger partial charge on any atom is 0.350 e. The zero-order valence-corrected chi connectivity index (χ0v) is 26.0. The first-order valence-electron chi connectivity index (χ1n) is 14.3. The molecule has 4 rings (SSSR count). The van der Waals surface area contributed by atoms with Crippen molar-refractivity contribution in [3.8, 4) is 5.75 Å². The molecule has 0 saturated heterocycles. The van der Waals surface area contributed by atoms with Crippen LogP contribution in [-0.2, 0) is 38.2 Å². The minimum atomic E-state index is -1.18. The Morgan fingerprint density at radius 1 is 0.878 bits per heavy atom. The van der Waals surface area contributed by atoms with Gasteiger partial charge in [0.2, 0.25) is 0 Å². The van der Waals surface area contributed by atoms with Crippen LogP contribution in [0.4, 0.5) is 0 Å². The fraction of sp³-hybridized carbons (Fsp3) is 0.500. The lowest BCUT2D eigenvalue weighted by atomic mass is 9.63. The van der Waals surface area contributed by atoms with E-state index in [1.165, 1.54) is 29.5 Å². The molecular weight excluding hydrogens is 516 g/mol. The summed E-state index contributed by atoms with van der Waals surface area (Å²) < 4.78 is 18.7. The molecule has 7 heteroatoms. The van der Waals surface area contributed by atoms with Gasteiger partial charge in [-0.1, -0.05) is 45.9 Å². The molecule has 0 unspecified atom stereocenters. The molecule has 0 fully saturated rings. The average Bonchev–Trinajstić information content (AvgIpc) is 3.32. The number of nitrogens with zero attached hydrogens (tertiary/aromatic N) is 2. The van der Waals surface area contributed by atoms with Crippen molar-refractivity contribution in [1.29, 1.82) is 0 Å². The Balaban J connectivity index is 1.33. The number of benzene rings is 2. The van der Waals surface area contributed by atoms with E-state index >= 15 is 0 Å². The molecule has 7 nitrogen and oxygen atoms in total. The van der Waals surface area contributed by atoms with E-state index in [2.05, 4.69) is 51.0 Å². The molecule has 1 heterocycles. The fourth-order valence-electron chi connectivity index (χ4n) is 5.12. The van der Waals surface area contributed by atoms with Crippen LogP contribution in [0.2, 0.25) is 0 Å². The summed E-state index contributed by atoms with van der Waals surface area (Å²) in [5, 5.41) is 4.49. The van der Waals surface area contributed by atoms with Gasteiger partial charge in [0.05, 0.1) is 18.3 Å². The maximum absolute atomic E-state index is 12.7. The van der Waals surface area contributed by atoms with Crippen LogP contribution in [0, 0.1) is 0 Å². The molecule has 220 valence electrons. The first kappa shape index (κ1) is 30.4. The zero-order valence-electron chi connectivity index (χ0n) is 26.0. The lowest BCUT2D eigenvalue weighted by Gasteiger charge is -2.42. The second-order valence-corrected chi connectivity index (χ2v) is 13.9. The molecule has 1 aromatic heterocycles. The summed E-state index contributed by atoms with van der Waals surface area (Å²) in [6.45, 7) is 18.8. The maximum atomic E-state index is 12.7. The van der Waals surface area contributed by atoms with E-state index in [4.69, 9.17) is 14.2 Å². The van der Waals surface area contributed by atoms with Crippen molar-refractivity contribution < 1.29 is 23.8 Å². The summed E-state index contributed by atoms with van der Waals surface area (Å²) >= 11 is 0. The average molecular weight is 561 g/mol.